The highest BCUT2D eigenvalue weighted by molar-refractivity contribution is 7.99. The molecule has 0 aliphatic rings. The summed E-state index contributed by atoms with van der Waals surface area (Å²) >= 11 is 1.51. The zero-order valence-electron chi connectivity index (χ0n) is 5.61. The monoisotopic (exact) mass is 159 g/mol. The van der Waals surface area contributed by atoms with Crippen LogP contribution in [-0.2, 0) is 0 Å². The number of rotatable bonds is 3. The van der Waals surface area contributed by atoms with Gasteiger partial charge in [0.1, 0.15) is 0 Å². The van der Waals surface area contributed by atoms with Crippen molar-refractivity contribution in [2.45, 2.75) is 17.3 Å². The van der Waals surface area contributed by atoms with E-state index in [9.17, 15) is 0 Å². The summed E-state index contributed by atoms with van der Waals surface area (Å²) in [5, 5.41) is 14.3. The van der Waals surface area contributed by atoms with E-state index in [1.165, 1.54) is 11.8 Å². The van der Waals surface area contributed by atoms with Crippen LogP contribution in [0.3, 0.4) is 0 Å². The van der Waals surface area contributed by atoms with E-state index in [1.54, 1.807) is 0 Å². The zero-order valence-corrected chi connectivity index (χ0v) is 6.43. The Balaban J connectivity index is 2.40. The molecule has 0 aromatic carbocycles. The molecule has 0 spiro atoms. The lowest BCUT2D eigenvalue weighted by Gasteiger charge is -2.01. The van der Waals surface area contributed by atoms with Gasteiger partial charge in [0, 0.05) is 11.8 Å². The second-order valence-electron chi connectivity index (χ2n) is 1.86. The molecule has 1 aromatic heterocycles. The van der Waals surface area contributed by atoms with Gasteiger partial charge in [-0.15, -0.1) is 10.2 Å². The van der Waals surface area contributed by atoms with Crippen molar-refractivity contribution in [3.63, 3.8) is 0 Å². The maximum Gasteiger partial charge on any atom is 0.231 e. The predicted octanol–water partition coefficient (Wildman–Crippen LogP) is -0.361. The first-order valence-electron chi connectivity index (χ1n) is 2.93. The van der Waals surface area contributed by atoms with Crippen molar-refractivity contribution in [1.29, 1.82) is 0 Å². The van der Waals surface area contributed by atoms with Crippen molar-refractivity contribution in [3.8, 4) is 0 Å². The quantitative estimate of drug-likeness (QED) is 0.589. The van der Waals surface area contributed by atoms with E-state index in [0.717, 1.165) is 0 Å². The van der Waals surface area contributed by atoms with Gasteiger partial charge >= 0.3 is 0 Å². The van der Waals surface area contributed by atoms with Crippen LogP contribution >= 0.6 is 11.8 Å². The van der Waals surface area contributed by atoms with Crippen LogP contribution in [0.5, 0.6) is 0 Å². The van der Waals surface area contributed by atoms with Gasteiger partial charge in [-0.25, -0.2) is 0 Å². The van der Waals surface area contributed by atoms with Crippen LogP contribution in [0, 0.1) is 0 Å². The summed E-state index contributed by atoms with van der Waals surface area (Å²) < 4.78 is 0. The van der Waals surface area contributed by atoms with Crippen LogP contribution in [0.1, 0.15) is 6.92 Å². The Hall–Kier alpha value is -0.620. The maximum atomic E-state index is 5.38. The molecule has 5 nitrogen and oxygen atoms in total. The van der Waals surface area contributed by atoms with Gasteiger partial charge in [0.25, 0.3) is 0 Å². The Morgan fingerprint density at radius 3 is 3.10 bits per heavy atom. The average molecular weight is 159 g/mol. The molecule has 1 atom stereocenters. The Labute approximate surface area is 62.8 Å². The summed E-state index contributed by atoms with van der Waals surface area (Å²) in [5.41, 5.74) is 5.38. The average Bonchev–Trinajstić information content (AvgIpc) is 2.40. The van der Waals surface area contributed by atoms with Gasteiger partial charge in [0.2, 0.25) is 5.16 Å². The number of nitrogens with two attached hydrogens (primary N) is 1. The van der Waals surface area contributed by atoms with E-state index in [4.69, 9.17) is 5.73 Å². The number of hydrogen-bond donors (Lipinski definition) is 2. The molecular formula is C4H9N5S. The Kier molecular flexibility index (Phi) is 2.64. The summed E-state index contributed by atoms with van der Waals surface area (Å²) in [4.78, 5) is 0. The highest BCUT2D eigenvalue weighted by atomic mass is 32.2. The molecule has 10 heavy (non-hydrogen) atoms. The molecular weight excluding hydrogens is 150 g/mol. The molecule has 3 N–H and O–H groups in total. The van der Waals surface area contributed by atoms with Crippen LogP contribution in [0.2, 0.25) is 0 Å². The molecule has 0 bridgehead atoms. The summed E-state index contributed by atoms with van der Waals surface area (Å²) in [5.74, 6) is 0. The Morgan fingerprint density at radius 2 is 2.60 bits per heavy atom. The van der Waals surface area contributed by atoms with Crippen LogP contribution in [0.25, 0.3) is 0 Å². The van der Waals surface area contributed by atoms with Gasteiger partial charge < -0.3 is 5.73 Å². The highest BCUT2D eigenvalue weighted by Crippen LogP contribution is 2.15. The van der Waals surface area contributed by atoms with Crippen molar-refractivity contribution in [1.82, 2.24) is 20.6 Å². The fourth-order valence-corrected chi connectivity index (χ4v) is 1.07. The molecule has 1 aromatic rings. The molecule has 0 amide bonds. The first kappa shape index (κ1) is 7.49. The number of aromatic nitrogens is 4. The normalized spacial score (nSPS) is 13.4. The number of nitrogens with one attached hydrogen (secondary N) is 1. The van der Waals surface area contributed by atoms with Crippen molar-refractivity contribution in [2.75, 3.05) is 6.54 Å². The standard InChI is InChI=1S/C4H9N5S/c1-3(2-5)10-4-6-8-9-7-4/h3H,2,5H2,1H3,(H,6,7,8,9). The lowest BCUT2D eigenvalue weighted by molar-refractivity contribution is 0.881. The number of H-pyrrole nitrogens is 1. The third-order valence-electron chi connectivity index (χ3n) is 0.964. The molecule has 0 saturated carbocycles. The number of hydrogen-bond acceptors (Lipinski definition) is 5. The lowest BCUT2D eigenvalue weighted by Crippen LogP contribution is -2.12. The van der Waals surface area contributed by atoms with Gasteiger partial charge in [-0.05, 0) is 5.21 Å². The fourth-order valence-electron chi connectivity index (χ4n) is 0.431. The van der Waals surface area contributed by atoms with E-state index in [-0.39, 0.29) is 0 Å². The molecule has 0 aliphatic carbocycles. The second kappa shape index (κ2) is 3.52. The van der Waals surface area contributed by atoms with Crippen molar-refractivity contribution in [3.05, 3.63) is 0 Å². The maximum absolute atomic E-state index is 5.38. The zero-order chi connectivity index (χ0) is 7.40. The third kappa shape index (κ3) is 1.96. The Morgan fingerprint density at radius 1 is 1.80 bits per heavy atom. The molecule has 56 valence electrons. The summed E-state index contributed by atoms with van der Waals surface area (Å²) in [7, 11) is 0. The van der Waals surface area contributed by atoms with Gasteiger partial charge in [-0.2, -0.15) is 5.21 Å². The molecule has 0 radical (unpaired) electrons. The van der Waals surface area contributed by atoms with E-state index >= 15 is 0 Å². The highest BCUT2D eigenvalue weighted by Gasteiger charge is 2.04. The predicted molar refractivity (Wildman–Crippen MR) is 38.6 cm³/mol. The summed E-state index contributed by atoms with van der Waals surface area (Å²) in [6, 6.07) is 0. The van der Waals surface area contributed by atoms with Crippen molar-refractivity contribution < 1.29 is 0 Å². The third-order valence-corrected chi connectivity index (χ3v) is 1.94. The number of nitrogens with zero attached hydrogens (tertiary/aromatic N) is 3. The van der Waals surface area contributed by atoms with Crippen LogP contribution in [-0.4, -0.2) is 32.4 Å². The molecule has 1 heterocycles. The molecule has 6 heteroatoms. The van der Waals surface area contributed by atoms with Gasteiger partial charge in [-0.3, -0.25) is 0 Å². The fraction of sp³-hybridized carbons (Fsp3) is 0.750. The Bertz CT molecular complexity index is 174. The molecule has 0 saturated heterocycles. The minimum Gasteiger partial charge on any atom is -0.329 e. The van der Waals surface area contributed by atoms with Gasteiger partial charge in [0.15, 0.2) is 0 Å². The van der Waals surface area contributed by atoms with E-state index in [2.05, 4.69) is 20.6 Å². The molecule has 1 unspecified atom stereocenters. The van der Waals surface area contributed by atoms with Crippen LogP contribution in [0.4, 0.5) is 0 Å². The van der Waals surface area contributed by atoms with E-state index in [1.807, 2.05) is 6.92 Å². The van der Waals surface area contributed by atoms with E-state index in [0.29, 0.717) is 17.0 Å². The number of thioether (sulfide) groups is 1. The second-order valence-corrected chi connectivity index (χ2v) is 3.26. The summed E-state index contributed by atoms with van der Waals surface area (Å²) in [6.45, 7) is 2.64. The molecule has 0 fully saturated rings. The lowest BCUT2D eigenvalue weighted by atomic mass is 10.5. The largest absolute Gasteiger partial charge is 0.329 e. The summed E-state index contributed by atoms with van der Waals surface area (Å²) in [6.07, 6.45) is 0. The number of tetrazole rings is 1. The smallest absolute Gasteiger partial charge is 0.231 e. The minimum atomic E-state index is 0.345. The number of aromatic amines is 1. The first-order chi connectivity index (χ1) is 4.83. The van der Waals surface area contributed by atoms with Crippen LogP contribution < -0.4 is 5.73 Å². The first-order valence-corrected chi connectivity index (χ1v) is 3.81. The molecule has 0 aliphatic heterocycles. The topological polar surface area (TPSA) is 80.5 Å². The van der Waals surface area contributed by atoms with Gasteiger partial charge in [0.05, 0.1) is 0 Å². The van der Waals surface area contributed by atoms with Crippen molar-refractivity contribution >= 4 is 11.8 Å². The van der Waals surface area contributed by atoms with E-state index < -0.39 is 0 Å². The molecule has 1 rings (SSSR count). The van der Waals surface area contributed by atoms with Crippen LogP contribution in [0.15, 0.2) is 5.16 Å². The minimum absolute atomic E-state index is 0.345. The SMILES string of the molecule is CC(CN)Sc1nn[nH]n1. The van der Waals surface area contributed by atoms with Crippen molar-refractivity contribution in [2.24, 2.45) is 5.73 Å². The van der Waals surface area contributed by atoms with Gasteiger partial charge in [-0.1, -0.05) is 18.7 Å².